The molecule has 1 aromatic heterocycles. The Morgan fingerprint density at radius 1 is 1.06 bits per heavy atom. The van der Waals surface area contributed by atoms with Crippen molar-refractivity contribution in [2.24, 2.45) is 0 Å². The molecule has 1 saturated heterocycles. The molecule has 0 spiro atoms. The van der Waals surface area contributed by atoms with Crippen molar-refractivity contribution in [1.82, 2.24) is 9.88 Å². The van der Waals surface area contributed by atoms with E-state index < -0.39 is 0 Å². The monoisotopic (exact) mass is 432 g/mol. The molecule has 1 aliphatic rings. The third-order valence-electron chi connectivity index (χ3n) is 5.81. The van der Waals surface area contributed by atoms with Crippen molar-refractivity contribution in [2.45, 2.75) is 25.4 Å². The summed E-state index contributed by atoms with van der Waals surface area (Å²) in [7, 11) is 1.66. The minimum atomic E-state index is 0.0900. The van der Waals surface area contributed by atoms with Crippen LogP contribution in [0.2, 0.25) is 0 Å². The fraction of sp³-hybridized carbons (Fsp3) is 0.280. The van der Waals surface area contributed by atoms with Crippen LogP contribution in [-0.4, -0.2) is 42.1 Å². The van der Waals surface area contributed by atoms with Gasteiger partial charge in [0.15, 0.2) is 0 Å². The first kappa shape index (κ1) is 19.8. The number of fused-ring (bicyclic) bond motifs is 2. The Morgan fingerprint density at radius 2 is 1.87 bits per heavy atom. The van der Waals surface area contributed by atoms with Gasteiger partial charge in [0.1, 0.15) is 11.9 Å². The van der Waals surface area contributed by atoms with E-state index in [1.165, 1.54) is 22.1 Å². The summed E-state index contributed by atoms with van der Waals surface area (Å²) in [5.41, 5.74) is 1.98. The molecule has 0 radical (unpaired) electrons. The first-order chi connectivity index (χ1) is 15.2. The van der Waals surface area contributed by atoms with Gasteiger partial charge >= 0.3 is 0 Å². The lowest BCUT2D eigenvalue weighted by atomic mass is 10.0. The number of hydrogen-bond donors (Lipinski definition) is 0. The maximum absolute atomic E-state index is 12.8. The van der Waals surface area contributed by atoms with Gasteiger partial charge in [0.05, 0.1) is 23.7 Å². The molecule has 1 amide bonds. The van der Waals surface area contributed by atoms with Crippen LogP contribution in [0, 0.1) is 0 Å². The van der Waals surface area contributed by atoms with Gasteiger partial charge in [-0.15, -0.1) is 0 Å². The molecule has 1 fully saturated rings. The molecule has 4 aromatic rings. The molecule has 0 unspecified atom stereocenters. The molecule has 158 valence electrons. The molecular formula is C25H24N2O3S. The molecule has 2 heterocycles. The fourth-order valence-corrected chi connectivity index (χ4v) is 4.97. The lowest BCUT2D eigenvalue weighted by Crippen LogP contribution is -2.42. The minimum Gasteiger partial charge on any atom is -0.497 e. The third kappa shape index (κ3) is 4.35. The van der Waals surface area contributed by atoms with Gasteiger partial charge in [-0.1, -0.05) is 53.8 Å². The number of aromatic nitrogens is 1. The summed E-state index contributed by atoms with van der Waals surface area (Å²) < 4.78 is 12.5. The molecule has 0 N–H and O–H groups in total. The summed E-state index contributed by atoms with van der Waals surface area (Å²) in [6, 6.07) is 20.3. The summed E-state index contributed by atoms with van der Waals surface area (Å²) in [4.78, 5) is 19.3. The van der Waals surface area contributed by atoms with E-state index >= 15 is 0 Å². The van der Waals surface area contributed by atoms with E-state index in [2.05, 4.69) is 35.3 Å². The zero-order chi connectivity index (χ0) is 21.2. The number of carbonyl (C=O) groups excluding carboxylic acids is 1. The average Bonchev–Trinajstić information content (AvgIpc) is 3.20. The number of hydrogen-bond acceptors (Lipinski definition) is 5. The Bertz CT molecular complexity index is 1230. The second-order valence-corrected chi connectivity index (χ2v) is 8.86. The lowest BCUT2D eigenvalue weighted by Gasteiger charge is -2.31. The SMILES string of the molecule is COc1ccc2nc(OC3CCN(C(=O)Cc4ccc5ccccc5c4)CC3)sc2c1. The smallest absolute Gasteiger partial charge is 0.274 e. The van der Waals surface area contributed by atoms with Gasteiger partial charge in [-0.25, -0.2) is 4.98 Å². The van der Waals surface area contributed by atoms with Gasteiger partial charge in [-0.05, 0) is 34.5 Å². The van der Waals surface area contributed by atoms with Crippen LogP contribution in [0.15, 0.2) is 60.7 Å². The van der Waals surface area contributed by atoms with Gasteiger partial charge in [0.2, 0.25) is 5.91 Å². The van der Waals surface area contributed by atoms with Crippen LogP contribution in [0.1, 0.15) is 18.4 Å². The van der Waals surface area contributed by atoms with E-state index in [1.54, 1.807) is 7.11 Å². The fourth-order valence-electron chi connectivity index (χ4n) is 4.06. The van der Waals surface area contributed by atoms with Gasteiger partial charge in [0, 0.05) is 25.9 Å². The zero-order valence-corrected chi connectivity index (χ0v) is 18.2. The molecule has 31 heavy (non-hydrogen) atoms. The number of methoxy groups -OCH3 is 1. The van der Waals surface area contributed by atoms with Crippen molar-refractivity contribution in [1.29, 1.82) is 0 Å². The number of thiazole rings is 1. The maximum Gasteiger partial charge on any atom is 0.274 e. The van der Waals surface area contributed by atoms with E-state index in [9.17, 15) is 4.79 Å². The van der Waals surface area contributed by atoms with Crippen molar-refractivity contribution in [3.8, 4) is 10.9 Å². The number of rotatable bonds is 5. The predicted octanol–water partition coefficient (Wildman–Crippen LogP) is 5.07. The average molecular weight is 433 g/mol. The first-order valence-corrected chi connectivity index (χ1v) is 11.4. The molecule has 6 heteroatoms. The number of carbonyl (C=O) groups is 1. The molecule has 1 aliphatic heterocycles. The van der Waals surface area contributed by atoms with Crippen LogP contribution in [0.4, 0.5) is 0 Å². The van der Waals surface area contributed by atoms with E-state index in [0.29, 0.717) is 11.6 Å². The number of piperidine rings is 1. The normalized spacial score (nSPS) is 14.8. The topological polar surface area (TPSA) is 51.7 Å². The van der Waals surface area contributed by atoms with E-state index in [0.717, 1.165) is 47.5 Å². The third-order valence-corrected chi connectivity index (χ3v) is 6.72. The number of likely N-dealkylation sites (tertiary alicyclic amines) is 1. The Balaban J connectivity index is 1.17. The molecule has 0 atom stereocenters. The minimum absolute atomic E-state index is 0.0900. The summed E-state index contributed by atoms with van der Waals surface area (Å²) in [5.74, 6) is 1.00. The molecule has 0 saturated carbocycles. The van der Waals surface area contributed by atoms with Gasteiger partial charge in [-0.3, -0.25) is 4.79 Å². The van der Waals surface area contributed by atoms with Crippen LogP contribution in [0.5, 0.6) is 10.9 Å². The van der Waals surface area contributed by atoms with Crippen molar-refractivity contribution in [2.75, 3.05) is 20.2 Å². The highest BCUT2D eigenvalue weighted by molar-refractivity contribution is 7.20. The second kappa shape index (κ2) is 8.55. The van der Waals surface area contributed by atoms with Crippen LogP contribution in [0.3, 0.4) is 0 Å². The van der Waals surface area contributed by atoms with E-state index in [4.69, 9.17) is 9.47 Å². The largest absolute Gasteiger partial charge is 0.497 e. The van der Waals surface area contributed by atoms with E-state index in [1.807, 2.05) is 35.2 Å². The standard InChI is InChI=1S/C25H24N2O3S/c1-29-21-8-9-22-23(16-21)31-25(26-22)30-20-10-12-27(13-11-20)24(28)15-17-6-7-18-4-2-3-5-19(18)14-17/h2-9,14,16,20H,10-13,15H2,1H3. The van der Waals surface area contributed by atoms with Crippen LogP contribution in [-0.2, 0) is 11.2 Å². The summed E-state index contributed by atoms with van der Waals surface area (Å²) >= 11 is 1.54. The summed E-state index contributed by atoms with van der Waals surface area (Å²) in [6.45, 7) is 1.44. The summed E-state index contributed by atoms with van der Waals surface area (Å²) in [6.07, 6.45) is 2.17. The molecule has 5 nitrogen and oxygen atoms in total. The molecule has 5 rings (SSSR count). The van der Waals surface area contributed by atoms with Crippen LogP contribution in [0.25, 0.3) is 21.0 Å². The van der Waals surface area contributed by atoms with Gasteiger partial charge in [-0.2, -0.15) is 0 Å². The predicted molar refractivity (Wildman–Crippen MR) is 124 cm³/mol. The van der Waals surface area contributed by atoms with Crippen molar-refractivity contribution < 1.29 is 14.3 Å². The highest BCUT2D eigenvalue weighted by Gasteiger charge is 2.25. The number of nitrogens with zero attached hydrogens (tertiary/aromatic N) is 2. The van der Waals surface area contributed by atoms with E-state index in [-0.39, 0.29) is 12.0 Å². The summed E-state index contributed by atoms with van der Waals surface area (Å²) in [5, 5.41) is 3.06. The van der Waals surface area contributed by atoms with Crippen molar-refractivity contribution in [3.63, 3.8) is 0 Å². The highest BCUT2D eigenvalue weighted by atomic mass is 32.1. The Kier molecular flexibility index (Phi) is 5.47. The van der Waals surface area contributed by atoms with Crippen LogP contribution >= 0.6 is 11.3 Å². The molecule has 0 bridgehead atoms. The molecule has 0 aliphatic carbocycles. The maximum atomic E-state index is 12.8. The first-order valence-electron chi connectivity index (χ1n) is 10.5. The number of amides is 1. The molecular weight excluding hydrogens is 408 g/mol. The number of benzene rings is 3. The Morgan fingerprint density at radius 3 is 2.68 bits per heavy atom. The lowest BCUT2D eigenvalue weighted by molar-refractivity contribution is -0.132. The Labute approximate surface area is 185 Å². The van der Waals surface area contributed by atoms with Gasteiger partial charge < -0.3 is 14.4 Å². The van der Waals surface area contributed by atoms with Crippen LogP contribution < -0.4 is 9.47 Å². The van der Waals surface area contributed by atoms with Gasteiger partial charge in [0.25, 0.3) is 5.19 Å². The van der Waals surface area contributed by atoms with Crippen molar-refractivity contribution in [3.05, 3.63) is 66.2 Å². The van der Waals surface area contributed by atoms with Crippen molar-refractivity contribution >= 4 is 38.2 Å². The quantitative estimate of drug-likeness (QED) is 0.442. The Hall–Kier alpha value is -3.12. The highest BCUT2D eigenvalue weighted by Crippen LogP contribution is 2.32. The molecule has 3 aromatic carbocycles. The number of ether oxygens (including phenoxy) is 2. The zero-order valence-electron chi connectivity index (χ0n) is 17.4. The second-order valence-electron chi connectivity index (χ2n) is 7.87.